The van der Waals surface area contributed by atoms with Gasteiger partial charge in [0.2, 0.25) is 11.8 Å². The summed E-state index contributed by atoms with van der Waals surface area (Å²) >= 11 is 0. The average molecular weight is 412 g/mol. The minimum Gasteiger partial charge on any atom is -0.456 e. The SMILES string of the molecule is O=C(COC(=O)CCN1C(=O)[C@H]2CCCC[C@@H]2C1=O)N[C@H]1CCCc2ccccc21. The first-order valence-corrected chi connectivity index (χ1v) is 10.9. The Morgan fingerprint density at radius 1 is 1.00 bits per heavy atom. The number of fused-ring (bicyclic) bond motifs is 2. The van der Waals surface area contributed by atoms with E-state index in [1.807, 2.05) is 18.2 Å². The van der Waals surface area contributed by atoms with Gasteiger partial charge in [-0.05, 0) is 43.2 Å². The quantitative estimate of drug-likeness (QED) is 0.572. The number of amides is 3. The highest BCUT2D eigenvalue weighted by Gasteiger charge is 2.47. The van der Waals surface area contributed by atoms with Gasteiger partial charge in [0.15, 0.2) is 6.61 Å². The third kappa shape index (κ3) is 4.25. The zero-order valence-corrected chi connectivity index (χ0v) is 17.1. The van der Waals surface area contributed by atoms with Gasteiger partial charge < -0.3 is 10.1 Å². The van der Waals surface area contributed by atoms with E-state index in [1.54, 1.807) is 0 Å². The number of imide groups is 1. The predicted molar refractivity (Wildman–Crippen MR) is 108 cm³/mol. The van der Waals surface area contributed by atoms with E-state index in [4.69, 9.17) is 4.74 Å². The Balaban J connectivity index is 1.22. The van der Waals surface area contributed by atoms with Gasteiger partial charge in [0.1, 0.15) is 0 Å². The Bertz CT molecular complexity index is 828. The first-order chi connectivity index (χ1) is 14.5. The Kier molecular flexibility index (Phi) is 6.16. The molecule has 0 radical (unpaired) electrons. The van der Waals surface area contributed by atoms with Crippen LogP contribution in [-0.2, 0) is 30.3 Å². The number of carbonyl (C=O) groups excluding carboxylic acids is 4. The lowest BCUT2D eigenvalue weighted by Gasteiger charge is -2.26. The second-order valence-electron chi connectivity index (χ2n) is 8.45. The normalized spacial score (nSPS) is 25.5. The molecule has 1 saturated heterocycles. The predicted octanol–water partition coefficient (Wildman–Crippen LogP) is 2.29. The summed E-state index contributed by atoms with van der Waals surface area (Å²) in [5.41, 5.74) is 2.36. The van der Waals surface area contributed by atoms with Crippen LogP contribution in [0.1, 0.15) is 62.1 Å². The fraction of sp³-hybridized carbons (Fsp3) is 0.565. The van der Waals surface area contributed by atoms with Crippen LogP contribution in [0, 0.1) is 11.8 Å². The monoisotopic (exact) mass is 412 g/mol. The number of hydrogen-bond donors (Lipinski definition) is 1. The molecular formula is C23H28N2O5. The summed E-state index contributed by atoms with van der Waals surface area (Å²) in [7, 11) is 0. The van der Waals surface area contributed by atoms with Gasteiger partial charge in [-0.2, -0.15) is 0 Å². The average Bonchev–Trinajstić information content (AvgIpc) is 3.01. The molecule has 0 unspecified atom stereocenters. The Morgan fingerprint density at radius 3 is 2.43 bits per heavy atom. The number of aryl methyl sites for hydroxylation is 1. The van der Waals surface area contributed by atoms with Crippen LogP contribution in [0.15, 0.2) is 24.3 Å². The maximum atomic E-state index is 12.4. The van der Waals surface area contributed by atoms with E-state index in [0.717, 1.165) is 50.5 Å². The van der Waals surface area contributed by atoms with Gasteiger partial charge in [-0.3, -0.25) is 24.1 Å². The third-order valence-electron chi connectivity index (χ3n) is 6.54. The lowest BCUT2D eigenvalue weighted by molar-refractivity contribution is -0.150. The van der Waals surface area contributed by atoms with Crippen molar-refractivity contribution in [2.45, 2.75) is 57.4 Å². The summed E-state index contributed by atoms with van der Waals surface area (Å²) in [6.45, 7) is -0.328. The highest BCUT2D eigenvalue weighted by atomic mass is 16.5. The number of nitrogens with zero attached hydrogens (tertiary/aromatic N) is 1. The molecule has 30 heavy (non-hydrogen) atoms. The van der Waals surface area contributed by atoms with Crippen LogP contribution < -0.4 is 5.32 Å². The second kappa shape index (κ2) is 8.98. The minimum absolute atomic E-state index is 0.0289. The molecule has 0 aromatic heterocycles. The third-order valence-corrected chi connectivity index (χ3v) is 6.54. The van der Waals surface area contributed by atoms with Crippen LogP contribution >= 0.6 is 0 Å². The van der Waals surface area contributed by atoms with Crippen LogP contribution in [-0.4, -0.2) is 41.7 Å². The molecule has 1 aliphatic heterocycles. The zero-order valence-electron chi connectivity index (χ0n) is 17.1. The molecule has 3 aliphatic rings. The zero-order chi connectivity index (χ0) is 21.1. The molecule has 7 heteroatoms. The summed E-state index contributed by atoms with van der Waals surface area (Å²) in [6.07, 6.45) is 6.22. The molecule has 2 fully saturated rings. The Hall–Kier alpha value is -2.70. The van der Waals surface area contributed by atoms with E-state index in [9.17, 15) is 19.2 Å². The van der Waals surface area contributed by atoms with Gasteiger partial charge in [0.25, 0.3) is 5.91 Å². The first kappa shape index (κ1) is 20.6. The topological polar surface area (TPSA) is 92.8 Å². The van der Waals surface area contributed by atoms with Crippen molar-refractivity contribution in [2.75, 3.05) is 13.2 Å². The number of esters is 1. The molecular weight excluding hydrogens is 384 g/mol. The number of benzene rings is 1. The van der Waals surface area contributed by atoms with Crippen LogP contribution in [0.2, 0.25) is 0 Å². The van der Waals surface area contributed by atoms with Gasteiger partial charge in [0, 0.05) is 6.54 Å². The maximum absolute atomic E-state index is 12.4. The lowest BCUT2D eigenvalue weighted by atomic mass is 9.81. The van der Waals surface area contributed by atoms with Crippen LogP contribution in [0.3, 0.4) is 0 Å². The number of ether oxygens (including phenoxy) is 1. The van der Waals surface area contributed by atoms with Gasteiger partial charge >= 0.3 is 5.97 Å². The van der Waals surface area contributed by atoms with E-state index in [1.165, 1.54) is 10.5 Å². The van der Waals surface area contributed by atoms with Crippen molar-refractivity contribution >= 4 is 23.7 Å². The van der Waals surface area contributed by atoms with E-state index in [0.29, 0.717) is 0 Å². The minimum atomic E-state index is -0.579. The van der Waals surface area contributed by atoms with Crippen LogP contribution in [0.5, 0.6) is 0 Å². The van der Waals surface area contributed by atoms with Crippen molar-refractivity contribution in [1.82, 2.24) is 10.2 Å². The van der Waals surface area contributed by atoms with Crippen LogP contribution in [0.4, 0.5) is 0 Å². The maximum Gasteiger partial charge on any atom is 0.308 e. The summed E-state index contributed by atoms with van der Waals surface area (Å²) in [5.74, 6) is -1.68. The molecule has 1 N–H and O–H groups in total. The lowest BCUT2D eigenvalue weighted by Crippen LogP contribution is -2.35. The smallest absolute Gasteiger partial charge is 0.308 e. The van der Waals surface area contributed by atoms with Gasteiger partial charge in [0.05, 0.1) is 24.3 Å². The number of likely N-dealkylation sites (tertiary alicyclic amines) is 1. The fourth-order valence-corrected chi connectivity index (χ4v) is 5.01. The molecule has 1 heterocycles. The standard InChI is InChI=1S/C23H28N2O5/c26-20(24-19-11-5-7-15-6-1-2-8-16(15)19)14-30-21(27)12-13-25-22(28)17-9-3-4-10-18(17)23(25)29/h1-2,6,8,17-19H,3-5,7,9-14H2,(H,24,26)/t17-,18-,19-/m0/s1. The number of rotatable bonds is 6. The first-order valence-electron chi connectivity index (χ1n) is 10.9. The van der Waals surface area contributed by atoms with Gasteiger partial charge in [-0.1, -0.05) is 37.1 Å². The van der Waals surface area contributed by atoms with E-state index < -0.39 is 5.97 Å². The van der Waals surface area contributed by atoms with Gasteiger partial charge in [-0.25, -0.2) is 0 Å². The summed E-state index contributed by atoms with van der Waals surface area (Å²) in [5, 5.41) is 2.94. The molecule has 2 aliphatic carbocycles. The van der Waals surface area contributed by atoms with Crippen molar-refractivity contribution in [1.29, 1.82) is 0 Å². The molecule has 3 amide bonds. The van der Waals surface area contributed by atoms with Crippen molar-refractivity contribution in [2.24, 2.45) is 11.8 Å². The van der Waals surface area contributed by atoms with E-state index >= 15 is 0 Å². The van der Waals surface area contributed by atoms with Gasteiger partial charge in [-0.15, -0.1) is 0 Å². The molecule has 0 bridgehead atoms. The largest absolute Gasteiger partial charge is 0.456 e. The molecule has 160 valence electrons. The molecule has 4 rings (SSSR count). The summed E-state index contributed by atoms with van der Waals surface area (Å²) in [6, 6.07) is 7.98. The highest BCUT2D eigenvalue weighted by molar-refractivity contribution is 6.05. The molecule has 0 spiro atoms. The van der Waals surface area contributed by atoms with Crippen molar-refractivity contribution in [3.63, 3.8) is 0 Å². The van der Waals surface area contributed by atoms with E-state index in [-0.39, 0.29) is 55.2 Å². The van der Waals surface area contributed by atoms with Crippen LogP contribution in [0.25, 0.3) is 0 Å². The Morgan fingerprint density at radius 2 is 1.70 bits per heavy atom. The fourth-order valence-electron chi connectivity index (χ4n) is 5.01. The van der Waals surface area contributed by atoms with E-state index in [2.05, 4.69) is 11.4 Å². The number of carbonyl (C=O) groups is 4. The molecule has 3 atom stereocenters. The summed E-state index contributed by atoms with van der Waals surface area (Å²) in [4.78, 5) is 50.4. The number of hydrogen-bond acceptors (Lipinski definition) is 5. The highest BCUT2D eigenvalue weighted by Crippen LogP contribution is 2.38. The van der Waals surface area contributed by atoms with Crippen molar-refractivity contribution in [3.8, 4) is 0 Å². The molecule has 7 nitrogen and oxygen atoms in total. The second-order valence-corrected chi connectivity index (χ2v) is 8.45. The van der Waals surface area contributed by atoms with Crippen molar-refractivity contribution < 1.29 is 23.9 Å². The Labute approximate surface area is 176 Å². The summed E-state index contributed by atoms with van der Waals surface area (Å²) < 4.78 is 5.08. The number of nitrogens with one attached hydrogen (secondary N) is 1. The molecule has 1 aromatic carbocycles. The molecule has 1 saturated carbocycles. The molecule has 1 aromatic rings. The van der Waals surface area contributed by atoms with Crippen molar-refractivity contribution in [3.05, 3.63) is 35.4 Å².